The molecule has 0 aliphatic carbocycles. The molecule has 0 aromatic rings. The molecular formula is C26H42N2O6. The number of aliphatic hydroxyl groups is 1. The van der Waals surface area contributed by atoms with Crippen molar-refractivity contribution in [3.63, 3.8) is 0 Å². The minimum Gasteiger partial charge on any atom is -0.466 e. The Morgan fingerprint density at radius 3 is 2.62 bits per heavy atom. The van der Waals surface area contributed by atoms with Gasteiger partial charge in [0.15, 0.2) is 0 Å². The monoisotopic (exact) mass is 478 g/mol. The maximum atomic E-state index is 14.3. The molecule has 8 nitrogen and oxygen atoms in total. The lowest BCUT2D eigenvalue weighted by Gasteiger charge is -2.42. The average molecular weight is 479 g/mol. The van der Waals surface area contributed by atoms with Crippen LogP contribution in [0.15, 0.2) is 12.7 Å². The molecule has 3 rings (SSSR count). The maximum absolute atomic E-state index is 14.3. The van der Waals surface area contributed by atoms with Crippen LogP contribution in [0.3, 0.4) is 0 Å². The Balaban J connectivity index is 2.11. The van der Waals surface area contributed by atoms with Crippen LogP contribution < -0.4 is 0 Å². The number of nitrogens with zero attached hydrogens (tertiary/aromatic N) is 2. The van der Waals surface area contributed by atoms with Crippen LogP contribution in [0.1, 0.15) is 66.7 Å². The van der Waals surface area contributed by atoms with Crippen LogP contribution >= 0.6 is 0 Å². The molecule has 3 aliphatic heterocycles. The van der Waals surface area contributed by atoms with E-state index < -0.39 is 41.6 Å². The second-order valence-electron chi connectivity index (χ2n) is 10.1. The van der Waals surface area contributed by atoms with Crippen molar-refractivity contribution in [1.82, 2.24) is 9.80 Å². The fourth-order valence-electron chi connectivity index (χ4n) is 6.41. The molecule has 1 spiro atoms. The summed E-state index contributed by atoms with van der Waals surface area (Å²) in [6, 6.07) is -1.47. The number of hydrogen-bond acceptors (Lipinski definition) is 6. The van der Waals surface area contributed by atoms with E-state index in [-0.39, 0.29) is 37.0 Å². The van der Waals surface area contributed by atoms with Crippen molar-refractivity contribution in [3.8, 4) is 0 Å². The van der Waals surface area contributed by atoms with Gasteiger partial charge in [0, 0.05) is 12.6 Å². The van der Waals surface area contributed by atoms with Crippen LogP contribution in [0.2, 0.25) is 0 Å². The molecule has 2 bridgehead atoms. The Bertz CT molecular complexity index is 787. The predicted molar refractivity (Wildman–Crippen MR) is 128 cm³/mol. The number of hydrogen-bond donors (Lipinski definition) is 1. The number of ether oxygens (including phenoxy) is 2. The molecule has 3 heterocycles. The number of likely N-dealkylation sites (tertiary alicyclic amines) is 1. The quantitative estimate of drug-likeness (QED) is 0.342. The summed E-state index contributed by atoms with van der Waals surface area (Å²) in [6.07, 6.45) is 4.87. The minimum atomic E-state index is -1.08. The molecule has 0 aromatic heterocycles. The SMILES string of the molecule is C=CCN(C(=O)[C@H]1N([C@@H](CO)[C@@H](C)CC)C(=O)[C@@H]2[C@@H](C(=O)OCC)[C@H]3CC[C@]21O3)C(C)CCC. The Morgan fingerprint density at radius 1 is 1.35 bits per heavy atom. The van der Waals surface area contributed by atoms with Gasteiger partial charge in [0.05, 0.1) is 37.2 Å². The van der Waals surface area contributed by atoms with Gasteiger partial charge in [-0.1, -0.05) is 39.7 Å². The molecule has 3 aliphatic rings. The summed E-state index contributed by atoms with van der Waals surface area (Å²) in [4.78, 5) is 44.6. The van der Waals surface area contributed by atoms with E-state index >= 15 is 0 Å². The zero-order valence-electron chi connectivity index (χ0n) is 21.4. The van der Waals surface area contributed by atoms with Gasteiger partial charge < -0.3 is 24.4 Å². The molecule has 3 fully saturated rings. The normalized spacial score (nSPS) is 32.3. The highest BCUT2D eigenvalue weighted by atomic mass is 16.6. The summed E-state index contributed by atoms with van der Waals surface area (Å²) in [5.74, 6) is -2.43. The van der Waals surface area contributed by atoms with E-state index in [2.05, 4.69) is 13.5 Å². The molecule has 8 atom stereocenters. The lowest BCUT2D eigenvalue weighted by atomic mass is 9.70. The Morgan fingerprint density at radius 2 is 2.06 bits per heavy atom. The first-order valence-corrected chi connectivity index (χ1v) is 12.9. The highest BCUT2D eigenvalue weighted by Gasteiger charge is 2.75. The van der Waals surface area contributed by atoms with Crippen molar-refractivity contribution in [2.75, 3.05) is 19.8 Å². The predicted octanol–water partition coefficient (Wildman–Crippen LogP) is 2.53. The zero-order valence-corrected chi connectivity index (χ0v) is 21.4. The zero-order chi connectivity index (χ0) is 25.2. The molecule has 1 N–H and O–H groups in total. The smallest absolute Gasteiger partial charge is 0.312 e. The van der Waals surface area contributed by atoms with E-state index in [1.165, 1.54) is 0 Å². The lowest BCUT2D eigenvalue weighted by Crippen LogP contribution is -2.60. The first kappa shape index (κ1) is 26.7. The van der Waals surface area contributed by atoms with Gasteiger partial charge in [-0.15, -0.1) is 6.58 Å². The van der Waals surface area contributed by atoms with Gasteiger partial charge in [0.25, 0.3) is 0 Å². The summed E-state index contributed by atoms with van der Waals surface area (Å²) in [6.45, 7) is 14.0. The third-order valence-corrected chi connectivity index (χ3v) is 8.22. The highest BCUT2D eigenvalue weighted by molar-refractivity contribution is 5.98. The van der Waals surface area contributed by atoms with Crippen molar-refractivity contribution in [2.24, 2.45) is 17.8 Å². The number of fused-ring (bicyclic) bond motifs is 1. The Labute approximate surface area is 203 Å². The van der Waals surface area contributed by atoms with Gasteiger partial charge in [0.1, 0.15) is 11.6 Å². The number of rotatable bonds is 12. The molecule has 0 saturated carbocycles. The number of carbonyl (C=O) groups excluding carboxylic acids is 3. The summed E-state index contributed by atoms with van der Waals surface area (Å²) in [7, 11) is 0. The fourth-order valence-corrected chi connectivity index (χ4v) is 6.41. The highest BCUT2D eigenvalue weighted by Crippen LogP contribution is 2.59. The fraction of sp³-hybridized carbons (Fsp3) is 0.808. The van der Waals surface area contributed by atoms with Gasteiger partial charge in [-0.2, -0.15) is 0 Å². The molecule has 8 heteroatoms. The van der Waals surface area contributed by atoms with Crippen LogP contribution in [0.25, 0.3) is 0 Å². The standard InChI is InChI=1S/C26H42N2O6/c1-7-11-17(6)27(14-8-2)24(31)22-26-13-12-19(34-26)20(25(32)33-10-4)21(26)23(30)28(22)18(15-29)16(5)9-3/h8,16-22,29H,2,7,9-15H2,1,3-6H3/t16-,17?,18-,19+,20-,21-,22+,26-/m0/s1. The van der Waals surface area contributed by atoms with Crippen LogP contribution in [0, 0.1) is 17.8 Å². The van der Waals surface area contributed by atoms with E-state index in [0.29, 0.717) is 19.4 Å². The maximum Gasteiger partial charge on any atom is 0.312 e. The molecular weight excluding hydrogens is 436 g/mol. The molecule has 1 unspecified atom stereocenters. The van der Waals surface area contributed by atoms with Crippen molar-refractivity contribution < 1.29 is 29.0 Å². The summed E-state index contributed by atoms with van der Waals surface area (Å²) < 4.78 is 11.8. The van der Waals surface area contributed by atoms with Crippen LogP contribution in [0.5, 0.6) is 0 Å². The van der Waals surface area contributed by atoms with Gasteiger partial charge in [-0.05, 0) is 39.0 Å². The Hall–Kier alpha value is -1.93. The van der Waals surface area contributed by atoms with Gasteiger partial charge >= 0.3 is 5.97 Å². The lowest BCUT2D eigenvalue weighted by molar-refractivity contribution is -0.157. The first-order chi connectivity index (χ1) is 16.2. The van der Waals surface area contributed by atoms with Gasteiger partial charge in [-0.25, -0.2) is 0 Å². The third-order valence-electron chi connectivity index (χ3n) is 8.22. The van der Waals surface area contributed by atoms with Crippen molar-refractivity contribution in [3.05, 3.63) is 12.7 Å². The second kappa shape index (κ2) is 10.8. The second-order valence-corrected chi connectivity index (χ2v) is 10.1. The topological polar surface area (TPSA) is 96.4 Å². The number of amides is 2. The molecule has 192 valence electrons. The first-order valence-electron chi connectivity index (χ1n) is 12.9. The molecule has 3 saturated heterocycles. The molecule has 0 radical (unpaired) electrons. The summed E-state index contributed by atoms with van der Waals surface area (Å²) >= 11 is 0. The van der Waals surface area contributed by atoms with E-state index in [9.17, 15) is 19.5 Å². The van der Waals surface area contributed by atoms with Crippen molar-refractivity contribution >= 4 is 17.8 Å². The number of aliphatic hydroxyl groups excluding tert-OH is 1. The van der Waals surface area contributed by atoms with Gasteiger partial charge in [-0.3, -0.25) is 14.4 Å². The molecule has 0 aromatic carbocycles. The number of carbonyl (C=O) groups is 3. The van der Waals surface area contributed by atoms with E-state index in [1.54, 1.807) is 22.8 Å². The van der Waals surface area contributed by atoms with Crippen molar-refractivity contribution in [1.29, 1.82) is 0 Å². The van der Waals surface area contributed by atoms with E-state index in [1.807, 2.05) is 20.8 Å². The van der Waals surface area contributed by atoms with E-state index in [0.717, 1.165) is 19.3 Å². The largest absolute Gasteiger partial charge is 0.466 e. The number of esters is 1. The average Bonchev–Trinajstić information content (AvgIpc) is 3.45. The van der Waals surface area contributed by atoms with Crippen molar-refractivity contribution in [2.45, 2.75) is 96.6 Å². The summed E-state index contributed by atoms with van der Waals surface area (Å²) in [5.41, 5.74) is -1.08. The molecule has 34 heavy (non-hydrogen) atoms. The van der Waals surface area contributed by atoms with E-state index in [4.69, 9.17) is 9.47 Å². The van der Waals surface area contributed by atoms with Gasteiger partial charge in [0.2, 0.25) is 11.8 Å². The third kappa shape index (κ3) is 4.17. The Kier molecular flexibility index (Phi) is 8.45. The molecule has 2 amide bonds. The van der Waals surface area contributed by atoms with Crippen LogP contribution in [-0.4, -0.2) is 82.3 Å². The minimum absolute atomic E-state index is 0.0290. The van der Waals surface area contributed by atoms with Crippen LogP contribution in [0.4, 0.5) is 0 Å². The van der Waals surface area contributed by atoms with Crippen LogP contribution in [-0.2, 0) is 23.9 Å². The summed E-state index contributed by atoms with van der Waals surface area (Å²) in [5, 5.41) is 10.4.